The number of hydrogen-bond acceptors (Lipinski definition) is 5. The molecule has 2 saturated heterocycles. The van der Waals surface area contributed by atoms with Crippen molar-refractivity contribution in [2.75, 3.05) is 32.7 Å². The predicted molar refractivity (Wildman–Crippen MR) is 129 cm³/mol. The largest absolute Gasteiger partial charge is 0.351 e. The number of amides is 2. The van der Waals surface area contributed by atoms with Gasteiger partial charge in [-0.1, -0.05) is 60.7 Å². The van der Waals surface area contributed by atoms with Crippen LogP contribution in [0.2, 0.25) is 0 Å². The van der Waals surface area contributed by atoms with Gasteiger partial charge in [0.2, 0.25) is 11.8 Å². The fourth-order valence-corrected chi connectivity index (χ4v) is 4.94. The summed E-state index contributed by atoms with van der Waals surface area (Å²) in [6.45, 7) is 3.93. The number of nitrogens with one attached hydrogen (secondary N) is 2. The first-order chi connectivity index (χ1) is 16.1. The molecule has 2 fully saturated rings. The molecule has 0 bridgehead atoms. The van der Waals surface area contributed by atoms with E-state index in [2.05, 4.69) is 69.0 Å². The Morgan fingerprint density at radius 2 is 1.70 bits per heavy atom. The molecular formula is C26H35N5O2. The lowest BCUT2D eigenvalue weighted by atomic mass is 10.00. The summed E-state index contributed by atoms with van der Waals surface area (Å²) in [4.78, 5) is 29.7. The van der Waals surface area contributed by atoms with Gasteiger partial charge in [0.25, 0.3) is 0 Å². The van der Waals surface area contributed by atoms with Gasteiger partial charge in [0, 0.05) is 44.8 Å². The van der Waals surface area contributed by atoms with Crippen LogP contribution >= 0.6 is 0 Å². The van der Waals surface area contributed by atoms with Crippen LogP contribution in [0.25, 0.3) is 0 Å². The Labute approximate surface area is 196 Å². The Morgan fingerprint density at radius 1 is 1.00 bits per heavy atom. The summed E-state index contributed by atoms with van der Waals surface area (Å²) in [6, 6.07) is 20.9. The first kappa shape index (κ1) is 23.4. The number of hydrogen-bond donors (Lipinski definition) is 3. The van der Waals surface area contributed by atoms with Crippen LogP contribution in [-0.4, -0.2) is 72.5 Å². The smallest absolute Gasteiger partial charge is 0.240 e. The van der Waals surface area contributed by atoms with Gasteiger partial charge in [0.15, 0.2) is 0 Å². The molecule has 4 N–H and O–H groups in total. The van der Waals surface area contributed by atoms with E-state index in [1.807, 2.05) is 12.1 Å². The van der Waals surface area contributed by atoms with Gasteiger partial charge in [-0.2, -0.15) is 0 Å². The summed E-state index contributed by atoms with van der Waals surface area (Å²) in [7, 11) is 0. The van der Waals surface area contributed by atoms with Crippen LogP contribution in [0.15, 0.2) is 60.7 Å². The number of piperazine rings is 1. The Bertz CT molecular complexity index is 907. The van der Waals surface area contributed by atoms with E-state index in [-0.39, 0.29) is 36.5 Å². The van der Waals surface area contributed by atoms with E-state index < -0.39 is 0 Å². The highest BCUT2D eigenvalue weighted by molar-refractivity contribution is 5.83. The maximum Gasteiger partial charge on any atom is 0.240 e. The van der Waals surface area contributed by atoms with Crippen molar-refractivity contribution in [2.45, 2.75) is 43.9 Å². The highest BCUT2D eigenvalue weighted by Crippen LogP contribution is 2.21. The lowest BCUT2D eigenvalue weighted by Gasteiger charge is -2.42. The quantitative estimate of drug-likeness (QED) is 0.562. The highest BCUT2D eigenvalue weighted by Gasteiger charge is 2.37. The third-order valence-corrected chi connectivity index (χ3v) is 6.69. The van der Waals surface area contributed by atoms with E-state index in [0.717, 1.165) is 39.0 Å². The SMILES string of the molecule is NCC(=O)NC1CN[C@@H](C(=O)N2CCN(Cc3ccccc3)C[C@H]2CCc2ccccc2)C1. The first-order valence-electron chi connectivity index (χ1n) is 12.0. The molecule has 4 rings (SSSR count). The van der Waals surface area contributed by atoms with Crippen molar-refractivity contribution in [3.63, 3.8) is 0 Å². The zero-order chi connectivity index (χ0) is 23.0. The van der Waals surface area contributed by atoms with Gasteiger partial charge in [-0.3, -0.25) is 14.5 Å². The second kappa shape index (κ2) is 11.4. The van der Waals surface area contributed by atoms with Gasteiger partial charge in [0.05, 0.1) is 12.6 Å². The predicted octanol–water partition coefficient (Wildman–Crippen LogP) is 1.14. The maximum absolute atomic E-state index is 13.5. The maximum atomic E-state index is 13.5. The van der Waals surface area contributed by atoms with E-state index in [4.69, 9.17) is 5.73 Å². The second-order valence-corrected chi connectivity index (χ2v) is 9.10. The fourth-order valence-electron chi connectivity index (χ4n) is 4.94. The summed E-state index contributed by atoms with van der Waals surface area (Å²) < 4.78 is 0. The minimum atomic E-state index is -0.257. The molecule has 0 aliphatic carbocycles. The molecule has 7 nitrogen and oxygen atoms in total. The summed E-state index contributed by atoms with van der Waals surface area (Å²) in [5.74, 6) is -0.0258. The molecule has 2 aromatic carbocycles. The molecule has 7 heteroatoms. The Morgan fingerprint density at radius 3 is 2.39 bits per heavy atom. The molecule has 3 atom stereocenters. The number of nitrogens with two attached hydrogens (primary N) is 1. The Balaban J connectivity index is 1.41. The molecule has 2 heterocycles. The van der Waals surface area contributed by atoms with Gasteiger partial charge in [0.1, 0.15) is 0 Å². The summed E-state index contributed by atoms with van der Waals surface area (Å²) >= 11 is 0. The van der Waals surface area contributed by atoms with E-state index in [9.17, 15) is 9.59 Å². The van der Waals surface area contributed by atoms with Crippen molar-refractivity contribution in [3.05, 3.63) is 71.8 Å². The third-order valence-electron chi connectivity index (χ3n) is 6.69. The number of rotatable bonds is 8. The van der Waals surface area contributed by atoms with Gasteiger partial charge in [-0.25, -0.2) is 0 Å². The molecule has 0 radical (unpaired) electrons. The summed E-state index contributed by atoms with van der Waals surface area (Å²) in [5.41, 5.74) is 8.02. The first-order valence-corrected chi connectivity index (χ1v) is 12.0. The van der Waals surface area contributed by atoms with Crippen LogP contribution in [0.1, 0.15) is 24.0 Å². The second-order valence-electron chi connectivity index (χ2n) is 9.10. The van der Waals surface area contributed by atoms with Gasteiger partial charge in [-0.05, 0) is 30.4 Å². The normalized spacial score (nSPS) is 23.4. The lowest BCUT2D eigenvalue weighted by Crippen LogP contribution is -2.58. The Hall–Kier alpha value is -2.74. The zero-order valence-electron chi connectivity index (χ0n) is 19.2. The monoisotopic (exact) mass is 449 g/mol. The molecule has 2 amide bonds. The number of aryl methyl sites for hydroxylation is 1. The molecule has 0 spiro atoms. The lowest BCUT2D eigenvalue weighted by molar-refractivity contribution is -0.138. The molecule has 2 aromatic rings. The minimum Gasteiger partial charge on any atom is -0.351 e. The average Bonchev–Trinajstić information content (AvgIpc) is 3.32. The molecule has 0 saturated carbocycles. The average molecular weight is 450 g/mol. The fraction of sp³-hybridized carbons (Fsp3) is 0.462. The van der Waals surface area contributed by atoms with Crippen molar-refractivity contribution in [1.82, 2.24) is 20.4 Å². The third kappa shape index (κ3) is 6.41. The summed E-state index contributed by atoms with van der Waals surface area (Å²) in [6.07, 6.45) is 2.49. The van der Waals surface area contributed by atoms with Crippen LogP contribution in [-0.2, 0) is 22.6 Å². The standard InChI is InChI=1S/C26H35N5O2/c27-16-25(32)29-22-15-24(28-17-22)26(33)31-14-13-30(18-21-9-5-2-6-10-21)19-23(31)12-11-20-7-3-1-4-8-20/h1-10,22-24,28H,11-19,27H2,(H,29,32)/t22?,23-,24-/m1/s1. The molecule has 33 heavy (non-hydrogen) atoms. The molecule has 1 unspecified atom stereocenters. The van der Waals surface area contributed by atoms with Crippen molar-refractivity contribution < 1.29 is 9.59 Å². The molecule has 2 aliphatic rings. The van der Waals surface area contributed by atoms with E-state index >= 15 is 0 Å². The van der Waals surface area contributed by atoms with E-state index in [0.29, 0.717) is 13.0 Å². The van der Waals surface area contributed by atoms with E-state index in [1.165, 1.54) is 11.1 Å². The highest BCUT2D eigenvalue weighted by atomic mass is 16.2. The van der Waals surface area contributed by atoms with E-state index in [1.54, 1.807) is 0 Å². The number of carbonyl (C=O) groups is 2. The molecule has 176 valence electrons. The van der Waals surface area contributed by atoms with Crippen LogP contribution in [0.5, 0.6) is 0 Å². The van der Waals surface area contributed by atoms with Gasteiger partial charge in [-0.15, -0.1) is 0 Å². The van der Waals surface area contributed by atoms with Crippen molar-refractivity contribution in [2.24, 2.45) is 5.73 Å². The van der Waals surface area contributed by atoms with Crippen molar-refractivity contribution >= 4 is 11.8 Å². The minimum absolute atomic E-state index is 0.0277. The number of nitrogens with zero attached hydrogens (tertiary/aromatic N) is 2. The topological polar surface area (TPSA) is 90.7 Å². The van der Waals surface area contributed by atoms with Crippen LogP contribution in [0, 0.1) is 0 Å². The Kier molecular flexibility index (Phi) is 8.10. The van der Waals surface area contributed by atoms with Crippen molar-refractivity contribution in [3.8, 4) is 0 Å². The van der Waals surface area contributed by atoms with Gasteiger partial charge >= 0.3 is 0 Å². The zero-order valence-corrected chi connectivity index (χ0v) is 19.2. The number of carbonyl (C=O) groups excluding carboxylic acids is 2. The number of benzene rings is 2. The van der Waals surface area contributed by atoms with Crippen LogP contribution in [0.3, 0.4) is 0 Å². The molecular weight excluding hydrogens is 414 g/mol. The van der Waals surface area contributed by atoms with Crippen LogP contribution in [0.4, 0.5) is 0 Å². The summed E-state index contributed by atoms with van der Waals surface area (Å²) in [5, 5.41) is 6.22. The van der Waals surface area contributed by atoms with Gasteiger partial charge < -0.3 is 21.3 Å². The van der Waals surface area contributed by atoms with Crippen molar-refractivity contribution in [1.29, 1.82) is 0 Å². The van der Waals surface area contributed by atoms with Crippen LogP contribution < -0.4 is 16.4 Å². The molecule has 0 aromatic heterocycles. The molecule has 2 aliphatic heterocycles.